The van der Waals surface area contributed by atoms with Crippen molar-refractivity contribution in [1.29, 1.82) is 0 Å². The molecular weight excluding hydrogens is 224 g/mol. The van der Waals surface area contributed by atoms with E-state index in [4.69, 9.17) is 0 Å². The third kappa shape index (κ3) is 2.03. The van der Waals surface area contributed by atoms with E-state index in [1.807, 2.05) is 14.1 Å². The Balaban J connectivity index is 2.37. The zero-order valence-electron chi connectivity index (χ0n) is 11.9. The summed E-state index contributed by atoms with van der Waals surface area (Å²) in [5.74, 6) is 0.124. The predicted molar refractivity (Wildman–Crippen MR) is 73.4 cm³/mol. The highest BCUT2D eigenvalue weighted by Gasteiger charge is 2.52. The number of amides is 1. The number of hydrogen-bond donors (Lipinski definition) is 1. The van der Waals surface area contributed by atoms with Crippen LogP contribution in [0.1, 0.15) is 35.1 Å². The smallest absolute Gasteiger partial charge is 0.244 e. The van der Waals surface area contributed by atoms with E-state index in [9.17, 15) is 4.79 Å². The van der Waals surface area contributed by atoms with Crippen molar-refractivity contribution in [3.05, 3.63) is 34.4 Å². The molecule has 0 atom stereocenters. The van der Waals surface area contributed by atoms with Crippen molar-refractivity contribution >= 4 is 5.91 Å². The number of hydrogen-bond acceptors (Lipinski definition) is 2. The molecule has 1 amide bonds. The molecule has 0 unspecified atom stereocenters. The maximum absolute atomic E-state index is 12.3. The summed E-state index contributed by atoms with van der Waals surface area (Å²) >= 11 is 0. The second kappa shape index (κ2) is 4.39. The molecule has 0 spiro atoms. The summed E-state index contributed by atoms with van der Waals surface area (Å²) in [4.78, 5) is 12.3. The quantitative estimate of drug-likeness (QED) is 0.830. The topological polar surface area (TPSA) is 32.3 Å². The van der Waals surface area contributed by atoms with Crippen molar-refractivity contribution in [3.63, 3.8) is 0 Å². The number of nitrogens with zero attached hydrogens (tertiary/aromatic N) is 1. The van der Waals surface area contributed by atoms with Crippen LogP contribution in [0.2, 0.25) is 0 Å². The normalized spacial score (nSPS) is 16.8. The number of carbonyl (C=O) groups excluding carboxylic acids is 1. The molecular formula is C15H22N2O. The van der Waals surface area contributed by atoms with Crippen molar-refractivity contribution in [2.45, 2.75) is 39.0 Å². The summed E-state index contributed by atoms with van der Waals surface area (Å²) < 4.78 is 0. The summed E-state index contributed by atoms with van der Waals surface area (Å²) in [6.45, 7) is 6.38. The first kappa shape index (κ1) is 13.1. The monoisotopic (exact) mass is 246 g/mol. The van der Waals surface area contributed by atoms with Crippen LogP contribution in [-0.2, 0) is 10.2 Å². The predicted octanol–water partition coefficient (Wildman–Crippen LogP) is 2.24. The largest absolute Gasteiger partial charge is 0.289 e. The Morgan fingerprint density at radius 3 is 2.28 bits per heavy atom. The van der Waals surface area contributed by atoms with Gasteiger partial charge in [0.15, 0.2) is 0 Å². The van der Waals surface area contributed by atoms with Gasteiger partial charge in [-0.2, -0.15) is 0 Å². The van der Waals surface area contributed by atoms with Gasteiger partial charge in [0.1, 0.15) is 0 Å². The average Bonchev–Trinajstić information content (AvgIpc) is 3.06. The first-order chi connectivity index (χ1) is 8.38. The number of benzene rings is 1. The van der Waals surface area contributed by atoms with Crippen LogP contribution in [0.15, 0.2) is 12.1 Å². The maximum Gasteiger partial charge on any atom is 0.244 e. The van der Waals surface area contributed by atoms with Crippen LogP contribution in [0.3, 0.4) is 0 Å². The lowest BCUT2D eigenvalue weighted by atomic mass is 9.87. The van der Waals surface area contributed by atoms with E-state index in [1.54, 1.807) is 5.01 Å². The van der Waals surface area contributed by atoms with E-state index in [1.165, 1.54) is 22.3 Å². The molecule has 0 radical (unpaired) electrons. The molecule has 1 fully saturated rings. The minimum absolute atomic E-state index is 0.124. The average molecular weight is 246 g/mol. The van der Waals surface area contributed by atoms with Gasteiger partial charge >= 0.3 is 0 Å². The van der Waals surface area contributed by atoms with Crippen molar-refractivity contribution in [2.24, 2.45) is 0 Å². The van der Waals surface area contributed by atoms with E-state index >= 15 is 0 Å². The molecule has 98 valence electrons. The third-order valence-corrected chi connectivity index (χ3v) is 4.08. The highest BCUT2D eigenvalue weighted by atomic mass is 16.2. The molecule has 1 aliphatic carbocycles. The van der Waals surface area contributed by atoms with Crippen molar-refractivity contribution < 1.29 is 4.79 Å². The minimum Gasteiger partial charge on any atom is -0.289 e. The van der Waals surface area contributed by atoms with Gasteiger partial charge in [0.2, 0.25) is 5.91 Å². The summed E-state index contributed by atoms with van der Waals surface area (Å²) in [7, 11) is 3.70. The van der Waals surface area contributed by atoms with Gasteiger partial charge in [0.25, 0.3) is 0 Å². The maximum atomic E-state index is 12.3. The van der Waals surface area contributed by atoms with E-state index in [2.05, 4.69) is 38.3 Å². The molecule has 0 bridgehead atoms. The number of rotatable bonds is 3. The van der Waals surface area contributed by atoms with Crippen molar-refractivity contribution in [3.8, 4) is 0 Å². The lowest BCUT2D eigenvalue weighted by Crippen LogP contribution is -2.43. The van der Waals surface area contributed by atoms with Gasteiger partial charge in [-0.25, -0.2) is 5.01 Å². The van der Waals surface area contributed by atoms with Gasteiger partial charge in [-0.3, -0.25) is 10.2 Å². The molecule has 1 saturated carbocycles. The van der Waals surface area contributed by atoms with Crippen LogP contribution in [0.5, 0.6) is 0 Å². The SMILES string of the molecule is Cc1ccc(C2(C(=O)NN(C)C)CC2)c(C)c1C. The van der Waals surface area contributed by atoms with Gasteiger partial charge < -0.3 is 0 Å². The molecule has 0 aliphatic heterocycles. The Morgan fingerprint density at radius 1 is 1.17 bits per heavy atom. The van der Waals surface area contributed by atoms with E-state index < -0.39 is 0 Å². The van der Waals surface area contributed by atoms with Crippen LogP contribution in [-0.4, -0.2) is 25.0 Å². The molecule has 1 aromatic rings. The summed E-state index contributed by atoms with van der Waals surface area (Å²) in [5, 5.41) is 1.72. The van der Waals surface area contributed by atoms with Crippen LogP contribution < -0.4 is 5.43 Å². The molecule has 1 aliphatic rings. The molecule has 18 heavy (non-hydrogen) atoms. The Kier molecular flexibility index (Phi) is 3.20. The number of aryl methyl sites for hydroxylation is 1. The van der Waals surface area contributed by atoms with Crippen LogP contribution >= 0.6 is 0 Å². The molecule has 0 saturated heterocycles. The lowest BCUT2D eigenvalue weighted by molar-refractivity contribution is -0.127. The molecule has 3 nitrogen and oxygen atoms in total. The van der Waals surface area contributed by atoms with Crippen molar-refractivity contribution in [2.75, 3.05) is 14.1 Å². The first-order valence-corrected chi connectivity index (χ1v) is 6.44. The molecule has 1 N–H and O–H groups in total. The highest BCUT2D eigenvalue weighted by molar-refractivity contribution is 5.91. The Hall–Kier alpha value is -1.35. The fourth-order valence-corrected chi connectivity index (χ4v) is 2.53. The number of carbonyl (C=O) groups is 1. The Bertz CT molecular complexity index is 488. The zero-order chi connectivity index (χ0) is 13.5. The molecule has 1 aromatic carbocycles. The van der Waals surface area contributed by atoms with Gasteiger partial charge in [-0.15, -0.1) is 0 Å². The summed E-state index contributed by atoms with van der Waals surface area (Å²) in [6.07, 6.45) is 1.91. The van der Waals surface area contributed by atoms with E-state index in [-0.39, 0.29) is 11.3 Å². The summed E-state index contributed by atoms with van der Waals surface area (Å²) in [6, 6.07) is 4.25. The Labute approximate surface area is 109 Å². The fraction of sp³-hybridized carbons (Fsp3) is 0.533. The fourth-order valence-electron chi connectivity index (χ4n) is 2.53. The second-order valence-electron chi connectivity index (χ2n) is 5.60. The number of hydrazine groups is 1. The second-order valence-corrected chi connectivity index (χ2v) is 5.60. The van der Waals surface area contributed by atoms with Crippen LogP contribution in [0.25, 0.3) is 0 Å². The highest BCUT2D eigenvalue weighted by Crippen LogP contribution is 2.50. The minimum atomic E-state index is -0.285. The third-order valence-electron chi connectivity index (χ3n) is 4.08. The van der Waals surface area contributed by atoms with E-state index in [0.717, 1.165) is 12.8 Å². The van der Waals surface area contributed by atoms with E-state index in [0.29, 0.717) is 0 Å². The van der Waals surface area contributed by atoms with Gasteiger partial charge in [-0.05, 0) is 55.9 Å². The number of nitrogens with one attached hydrogen (secondary N) is 1. The van der Waals surface area contributed by atoms with Crippen molar-refractivity contribution in [1.82, 2.24) is 10.4 Å². The molecule has 2 rings (SSSR count). The zero-order valence-corrected chi connectivity index (χ0v) is 11.9. The molecule has 0 heterocycles. The van der Waals surface area contributed by atoms with Crippen LogP contribution in [0, 0.1) is 20.8 Å². The van der Waals surface area contributed by atoms with Gasteiger partial charge in [-0.1, -0.05) is 12.1 Å². The van der Waals surface area contributed by atoms with Gasteiger partial charge in [0.05, 0.1) is 5.41 Å². The molecule has 3 heteroatoms. The first-order valence-electron chi connectivity index (χ1n) is 6.44. The van der Waals surface area contributed by atoms with Crippen LogP contribution in [0.4, 0.5) is 0 Å². The molecule has 0 aromatic heterocycles. The van der Waals surface area contributed by atoms with Gasteiger partial charge in [0, 0.05) is 14.1 Å². The Morgan fingerprint density at radius 2 is 1.78 bits per heavy atom. The lowest BCUT2D eigenvalue weighted by Gasteiger charge is -2.22. The standard InChI is InChI=1S/C15H22N2O/c1-10-6-7-13(12(3)11(10)2)15(8-9-15)14(18)16-17(4)5/h6-7H,8-9H2,1-5H3,(H,16,18). The summed E-state index contributed by atoms with van der Waals surface area (Å²) in [5.41, 5.74) is 7.67.